The minimum Gasteiger partial charge on any atom is -0.474 e. The quantitative estimate of drug-likeness (QED) is 0.186. The number of imidazole rings is 1. The van der Waals surface area contributed by atoms with Crippen LogP contribution in [0.2, 0.25) is 5.02 Å². The average Bonchev–Trinajstić information content (AvgIpc) is 3.64. The highest BCUT2D eigenvalue weighted by molar-refractivity contribution is 7.81. The molecule has 7 rings (SSSR count). The number of halogens is 4. The lowest BCUT2D eigenvalue weighted by Crippen LogP contribution is -2.40. The van der Waals surface area contributed by atoms with Crippen molar-refractivity contribution in [3.8, 4) is 17.3 Å². The number of thiol groups is 1. The summed E-state index contributed by atoms with van der Waals surface area (Å²) in [4.78, 5) is 24.4. The summed E-state index contributed by atoms with van der Waals surface area (Å²) >= 11 is 10.8. The van der Waals surface area contributed by atoms with E-state index in [9.17, 15) is 13.2 Å². The number of alkyl halides is 3. The Morgan fingerprint density at radius 1 is 1.06 bits per heavy atom. The van der Waals surface area contributed by atoms with Crippen LogP contribution in [0.15, 0.2) is 48.8 Å². The van der Waals surface area contributed by atoms with Crippen molar-refractivity contribution >= 4 is 35.4 Å². The molecular formula is C31H31ClF3N9O2S. The Labute approximate surface area is 278 Å². The van der Waals surface area contributed by atoms with Crippen LogP contribution in [0.3, 0.4) is 0 Å². The number of hydrogen-bond donors (Lipinski definition) is 2. The van der Waals surface area contributed by atoms with E-state index < -0.39 is 12.0 Å². The minimum absolute atomic E-state index is 0.00750. The first-order valence-electron chi connectivity index (χ1n) is 15.3. The third-order valence-corrected chi connectivity index (χ3v) is 9.10. The van der Waals surface area contributed by atoms with E-state index in [1.54, 1.807) is 18.3 Å². The molecule has 0 aliphatic carbocycles. The number of piperidine rings is 1. The van der Waals surface area contributed by atoms with E-state index in [0.717, 1.165) is 43.7 Å². The van der Waals surface area contributed by atoms with Gasteiger partial charge in [0.25, 0.3) is 0 Å². The van der Waals surface area contributed by atoms with Crippen LogP contribution in [0, 0.1) is 0 Å². The van der Waals surface area contributed by atoms with E-state index in [4.69, 9.17) is 38.7 Å². The lowest BCUT2D eigenvalue weighted by molar-refractivity contribution is -0.144. The van der Waals surface area contributed by atoms with Gasteiger partial charge in [-0.25, -0.2) is 19.9 Å². The predicted octanol–water partition coefficient (Wildman–Crippen LogP) is 5.40. The van der Waals surface area contributed by atoms with Crippen molar-refractivity contribution in [1.29, 1.82) is 0 Å². The molecule has 1 aromatic carbocycles. The smallest absolute Gasteiger partial charge is 0.451 e. The highest BCUT2D eigenvalue weighted by atomic mass is 35.5. The maximum atomic E-state index is 13.1. The van der Waals surface area contributed by atoms with Gasteiger partial charge in [0.2, 0.25) is 11.7 Å². The summed E-state index contributed by atoms with van der Waals surface area (Å²) in [6.45, 7) is 3.36. The lowest BCUT2D eigenvalue weighted by Gasteiger charge is -2.33. The third-order valence-electron chi connectivity index (χ3n) is 8.35. The summed E-state index contributed by atoms with van der Waals surface area (Å²) < 4.78 is 53.3. The van der Waals surface area contributed by atoms with E-state index >= 15 is 0 Å². The molecule has 246 valence electrons. The Kier molecular flexibility index (Phi) is 9.05. The van der Waals surface area contributed by atoms with Crippen molar-refractivity contribution in [2.45, 2.75) is 62.4 Å². The second kappa shape index (κ2) is 13.4. The number of hydrogen-bond acceptors (Lipinski definition) is 10. The van der Waals surface area contributed by atoms with Gasteiger partial charge in [0.1, 0.15) is 23.3 Å². The van der Waals surface area contributed by atoms with Gasteiger partial charge in [0, 0.05) is 67.0 Å². The van der Waals surface area contributed by atoms with Gasteiger partial charge in [0.05, 0.1) is 12.6 Å². The van der Waals surface area contributed by atoms with Crippen molar-refractivity contribution in [1.82, 2.24) is 44.6 Å². The first-order chi connectivity index (χ1) is 22.7. The number of ether oxygens (including phenoxy) is 2. The largest absolute Gasteiger partial charge is 0.474 e. The maximum absolute atomic E-state index is 13.1. The number of benzene rings is 1. The standard InChI is InChI=1S/C31H31ClF3N9O2S/c32-20-3-1-18(2-4-20)13-25-36-9-5-27(39-25)46-21-6-10-43(11-7-21)17-26-38-22-14-19(28-40-30(42-41-28)31(33,34)35)15-37-29(22)44(26)16-24(47)23-8-12-45-23/h1-5,9,14-15,21,23-24,47H,6-8,10-13,16-17H2,(H,40,41,42)/t23-,24-/m0/s1. The molecule has 2 fully saturated rings. The molecule has 1 N–H and O–H groups in total. The zero-order valence-electron chi connectivity index (χ0n) is 25.1. The van der Waals surface area contributed by atoms with Crippen LogP contribution in [0.4, 0.5) is 13.2 Å². The van der Waals surface area contributed by atoms with Crippen molar-refractivity contribution in [3.63, 3.8) is 0 Å². The number of aromatic amines is 1. The molecule has 2 saturated heterocycles. The van der Waals surface area contributed by atoms with Crippen LogP contribution in [0.25, 0.3) is 22.6 Å². The lowest BCUT2D eigenvalue weighted by atomic mass is 10.1. The molecular weight excluding hydrogens is 655 g/mol. The molecule has 11 nitrogen and oxygen atoms in total. The van der Waals surface area contributed by atoms with E-state index in [2.05, 4.69) is 29.9 Å². The molecule has 0 unspecified atom stereocenters. The Balaban J connectivity index is 1.03. The molecule has 2 atom stereocenters. The second-order valence-corrected chi connectivity index (χ2v) is 12.8. The Hall–Kier alpha value is -3.79. The normalized spacial score (nSPS) is 18.4. The van der Waals surface area contributed by atoms with Crippen molar-refractivity contribution in [3.05, 3.63) is 76.9 Å². The van der Waals surface area contributed by atoms with Crippen LogP contribution in [-0.4, -0.2) is 81.7 Å². The molecule has 0 saturated carbocycles. The molecule has 0 radical (unpaired) electrons. The molecule has 2 aliphatic heterocycles. The number of pyridine rings is 1. The highest BCUT2D eigenvalue weighted by Gasteiger charge is 2.35. The van der Waals surface area contributed by atoms with Crippen molar-refractivity contribution in [2.24, 2.45) is 0 Å². The summed E-state index contributed by atoms with van der Waals surface area (Å²) in [5, 5.41) is 6.32. The molecule has 5 aromatic rings. The van der Waals surface area contributed by atoms with Crippen molar-refractivity contribution in [2.75, 3.05) is 19.7 Å². The fourth-order valence-corrected chi connectivity index (χ4v) is 6.27. The van der Waals surface area contributed by atoms with E-state index in [1.807, 2.05) is 33.9 Å². The van der Waals surface area contributed by atoms with E-state index in [1.165, 1.54) is 6.20 Å². The van der Waals surface area contributed by atoms with Crippen LogP contribution in [0.1, 0.15) is 42.3 Å². The van der Waals surface area contributed by atoms with Crippen LogP contribution in [-0.2, 0) is 30.4 Å². The summed E-state index contributed by atoms with van der Waals surface area (Å²) in [5.74, 6) is 0.758. The summed E-state index contributed by atoms with van der Waals surface area (Å²) in [7, 11) is 0. The number of nitrogens with zero attached hydrogens (tertiary/aromatic N) is 8. The topological polar surface area (TPSA) is 120 Å². The van der Waals surface area contributed by atoms with Gasteiger partial charge in [-0.05, 0) is 43.0 Å². The SMILES string of the molecule is FC(F)(F)c1nc(-c2cnc3c(c2)nc(CN2CCC(Oc4ccnc(Cc5ccc(Cl)cc5)n4)CC2)n3C[C@H](S)[C@@H]2CCO2)n[nH]1. The summed E-state index contributed by atoms with van der Waals surface area (Å²) in [6, 6.07) is 11.1. The fraction of sp³-hybridized carbons (Fsp3) is 0.419. The Morgan fingerprint density at radius 3 is 2.55 bits per heavy atom. The second-order valence-electron chi connectivity index (χ2n) is 11.7. The van der Waals surface area contributed by atoms with E-state index in [-0.39, 0.29) is 23.3 Å². The Morgan fingerprint density at radius 2 is 1.85 bits per heavy atom. The molecule has 0 amide bonds. The predicted molar refractivity (Wildman–Crippen MR) is 170 cm³/mol. The third kappa shape index (κ3) is 7.37. The molecule has 6 heterocycles. The molecule has 2 aliphatic rings. The monoisotopic (exact) mass is 685 g/mol. The van der Waals surface area contributed by atoms with Gasteiger partial charge in [-0.1, -0.05) is 23.7 Å². The average molecular weight is 686 g/mol. The molecule has 4 aromatic heterocycles. The first kappa shape index (κ1) is 31.8. The fourth-order valence-electron chi connectivity index (χ4n) is 5.74. The minimum atomic E-state index is -4.63. The molecule has 0 spiro atoms. The van der Waals surface area contributed by atoms with Gasteiger partial charge in [0.15, 0.2) is 11.5 Å². The zero-order valence-corrected chi connectivity index (χ0v) is 26.7. The molecule has 47 heavy (non-hydrogen) atoms. The van der Waals surface area contributed by atoms with Crippen LogP contribution >= 0.6 is 24.2 Å². The molecule has 0 bridgehead atoms. The maximum Gasteiger partial charge on any atom is 0.451 e. The number of nitrogens with one attached hydrogen (secondary N) is 1. The number of aromatic nitrogens is 8. The number of H-pyrrole nitrogens is 1. The van der Waals surface area contributed by atoms with Gasteiger partial charge in [-0.2, -0.15) is 35.9 Å². The van der Waals surface area contributed by atoms with E-state index in [0.29, 0.717) is 59.6 Å². The van der Waals surface area contributed by atoms with Gasteiger partial charge >= 0.3 is 6.18 Å². The van der Waals surface area contributed by atoms with Crippen molar-refractivity contribution < 1.29 is 22.6 Å². The summed E-state index contributed by atoms with van der Waals surface area (Å²) in [5.41, 5.74) is 2.56. The van der Waals surface area contributed by atoms with Gasteiger partial charge in [-0.3, -0.25) is 10.00 Å². The van der Waals surface area contributed by atoms with Gasteiger partial charge < -0.3 is 14.0 Å². The van der Waals surface area contributed by atoms with Gasteiger partial charge in [-0.15, -0.1) is 0 Å². The first-order valence-corrected chi connectivity index (χ1v) is 16.2. The molecule has 16 heteroatoms. The zero-order chi connectivity index (χ0) is 32.5. The highest BCUT2D eigenvalue weighted by Crippen LogP contribution is 2.30. The number of rotatable bonds is 10. The number of likely N-dealkylation sites (tertiary alicyclic amines) is 1. The summed E-state index contributed by atoms with van der Waals surface area (Å²) in [6.07, 6.45) is 1.72. The van der Waals surface area contributed by atoms with Crippen LogP contribution < -0.4 is 4.74 Å². The number of fused-ring (bicyclic) bond motifs is 1. The Bertz CT molecular complexity index is 1840. The van der Waals surface area contributed by atoms with Crippen LogP contribution in [0.5, 0.6) is 5.88 Å².